The maximum Gasteiger partial charge on any atom is 0.227 e. The van der Waals surface area contributed by atoms with Gasteiger partial charge in [0.25, 0.3) is 0 Å². The van der Waals surface area contributed by atoms with Crippen molar-refractivity contribution in [3.63, 3.8) is 0 Å². The zero-order valence-corrected chi connectivity index (χ0v) is 16.8. The highest BCUT2D eigenvalue weighted by Gasteiger charge is 2.34. The van der Waals surface area contributed by atoms with Gasteiger partial charge in [-0.25, -0.2) is 0 Å². The van der Waals surface area contributed by atoms with E-state index in [0.29, 0.717) is 29.5 Å². The second-order valence-electron chi connectivity index (χ2n) is 7.01. The van der Waals surface area contributed by atoms with Crippen LogP contribution in [0.1, 0.15) is 31.7 Å². The van der Waals surface area contributed by atoms with Crippen molar-refractivity contribution in [1.29, 1.82) is 0 Å². The Balaban J connectivity index is 1.73. The highest BCUT2D eigenvalue weighted by Crippen LogP contribution is 2.37. The van der Waals surface area contributed by atoms with Crippen LogP contribution in [-0.4, -0.2) is 26.2 Å². The third-order valence-corrected chi connectivity index (χ3v) is 5.47. The number of anilines is 1. The summed E-state index contributed by atoms with van der Waals surface area (Å²) < 4.78 is 10.4. The van der Waals surface area contributed by atoms with Gasteiger partial charge < -0.3 is 14.4 Å². The summed E-state index contributed by atoms with van der Waals surface area (Å²) in [6, 6.07) is 13.6. The molecule has 0 N–H and O–H groups in total. The van der Waals surface area contributed by atoms with Crippen molar-refractivity contribution in [2.45, 2.75) is 38.6 Å². The van der Waals surface area contributed by atoms with Gasteiger partial charge in [0, 0.05) is 18.2 Å². The standard InChI is InChI=1S/C22H26ClNO3/c1-15(17-6-7-17)24(18-8-10-19(26-2)11-9-18)22(25)13-5-16-4-12-21(27-3)20(23)14-16/h4,8-12,14-15,17H,5-7,13H2,1-3H3. The zero-order chi connectivity index (χ0) is 19.4. The molecule has 0 aliphatic heterocycles. The quantitative estimate of drug-likeness (QED) is 0.630. The summed E-state index contributed by atoms with van der Waals surface area (Å²) in [6.45, 7) is 2.14. The Morgan fingerprint density at radius 2 is 1.85 bits per heavy atom. The molecular weight excluding hydrogens is 362 g/mol. The monoisotopic (exact) mass is 387 g/mol. The lowest BCUT2D eigenvalue weighted by molar-refractivity contribution is -0.119. The average Bonchev–Trinajstić information content (AvgIpc) is 3.52. The Hall–Kier alpha value is -2.20. The molecule has 1 atom stereocenters. The molecule has 1 saturated carbocycles. The van der Waals surface area contributed by atoms with Crippen molar-refractivity contribution in [3.05, 3.63) is 53.1 Å². The largest absolute Gasteiger partial charge is 0.497 e. The molecule has 1 aliphatic rings. The Morgan fingerprint density at radius 1 is 1.15 bits per heavy atom. The maximum atomic E-state index is 13.1. The van der Waals surface area contributed by atoms with Gasteiger partial charge in [0.15, 0.2) is 0 Å². The lowest BCUT2D eigenvalue weighted by Crippen LogP contribution is -2.40. The van der Waals surface area contributed by atoms with Crippen LogP contribution in [0.25, 0.3) is 0 Å². The van der Waals surface area contributed by atoms with Gasteiger partial charge in [-0.1, -0.05) is 17.7 Å². The number of carbonyl (C=O) groups is 1. The van der Waals surface area contributed by atoms with E-state index in [1.165, 1.54) is 12.8 Å². The van der Waals surface area contributed by atoms with Crippen molar-refractivity contribution in [1.82, 2.24) is 0 Å². The number of carbonyl (C=O) groups excluding carboxylic acids is 1. The maximum absolute atomic E-state index is 13.1. The molecule has 1 amide bonds. The van der Waals surface area contributed by atoms with Gasteiger partial charge >= 0.3 is 0 Å². The van der Waals surface area contributed by atoms with Gasteiger partial charge in [-0.2, -0.15) is 0 Å². The Labute approximate surface area is 166 Å². The normalized spacial score (nSPS) is 14.5. The Bertz CT molecular complexity index is 787. The number of methoxy groups -OCH3 is 2. The number of nitrogens with zero attached hydrogens (tertiary/aromatic N) is 1. The molecule has 1 fully saturated rings. The molecule has 0 radical (unpaired) electrons. The summed E-state index contributed by atoms with van der Waals surface area (Å²) >= 11 is 6.20. The lowest BCUT2D eigenvalue weighted by atomic mass is 10.1. The SMILES string of the molecule is COc1ccc(N(C(=O)CCc2ccc(OC)c(Cl)c2)C(C)C2CC2)cc1. The number of hydrogen-bond acceptors (Lipinski definition) is 3. The highest BCUT2D eigenvalue weighted by molar-refractivity contribution is 6.32. The highest BCUT2D eigenvalue weighted by atomic mass is 35.5. The van der Waals surface area contributed by atoms with Crippen molar-refractivity contribution in [2.75, 3.05) is 19.1 Å². The molecule has 2 aromatic carbocycles. The van der Waals surface area contributed by atoms with Crippen LogP contribution in [0.15, 0.2) is 42.5 Å². The minimum atomic E-state index is 0.131. The summed E-state index contributed by atoms with van der Waals surface area (Å²) in [6.07, 6.45) is 3.46. The van der Waals surface area contributed by atoms with E-state index in [1.807, 2.05) is 47.4 Å². The fraction of sp³-hybridized carbons (Fsp3) is 0.409. The van der Waals surface area contributed by atoms with E-state index in [2.05, 4.69) is 6.92 Å². The summed E-state index contributed by atoms with van der Waals surface area (Å²) in [7, 11) is 3.24. The minimum Gasteiger partial charge on any atom is -0.497 e. The predicted octanol–water partition coefficient (Wildman–Crippen LogP) is 5.12. The van der Waals surface area contributed by atoms with Crippen LogP contribution in [0, 0.1) is 5.92 Å². The van der Waals surface area contributed by atoms with E-state index in [1.54, 1.807) is 14.2 Å². The fourth-order valence-electron chi connectivity index (χ4n) is 3.38. The van der Waals surface area contributed by atoms with Crippen LogP contribution in [0.4, 0.5) is 5.69 Å². The average molecular weight is 388 g/mol. The number of ether oxygens (including phenoxy) is 2. The molecule has 0 bridgehead atoms. The number of amides is 1. The van der Waals surface area contributed by atoms with Crippen molar-refractivity contribution >= 4 is 23.2 Å². The van der Waals surface area contributed by atoms with Crippen LogP contribution in [0.2, 0.25) is 5.02 Å². The first-order valence-electron chi connectivity index (χ1n) is 9.32. The molecule has 0 saturated heterocycles. The second-order valence-corrected chi connectivity index (χ2v) is 7.42. The molecule has 2 aromatic rings. The third kappa shape index (κ3) is 4.75. The molecule has 4 nitrogen and oxygen atoms in total. The van der Waals surface area contributed by atoms with Gasteiger partial charge in [-0.05, 0) is 74.1 Å². The predicted molar refractivity (Wildman–Crippen MR) is 109 cm³/mol. The zero-order valence-electron chi connectivity index (χ0n) is 16.1. The van der Waals surface area contributed by atoms with E-state index in [9.17, 15) is 4.79 Å². The first kappa shape index (κ1) is 19.6. The second kappa shape index (κ2) is 8.66. The van der Waals surface area contributed by atoms with E-state index in [4.69, 9.17) is 21.1 Å². The number of benzene rings is 2. The number of hydrogen-bond donors (Lipinski definition) is 0. The van der Waals surface area contributed by atoms with Gasteiger partial charge in [-0.15, -0.1) is 0 Å². The van der Waals surface area contributed by atoms with Crippen molar-refractivity contribution < 1.29 is 14.3 Å². The molecule has 5 heteroatoms. The molecule has 27 heavy (non-hydrogen) atoms. The molecule has 3 rings (SSSR count). The molecular formula is C22H26ClNO3. The fourth-order valence-corrected chi connectivity index (χ4v) is 3.66. The molecule has 0 aromatic heterocycles. The van der Waals surface area contributed by atoms with E-state index in [-0.39, 0.29) is 11.9 Å². The van der Waals surface area contributed by atoms with Gasteiger partial charge in [0.05, 0.1) is 19.2 Å². The third-order valence-electron chi connectivity index (χ3n) is 5.17. The van der Waals surface area contributed by atoms with Crippen molar-refractivity contribution in [3.8, 4) is 11.5 Å². The van der Waals surface area contributed by atoms with E-state index >= 15 is 0 Å². The number of aryl methyl sites for hydroxylation is 1. The molecule has 1 unspecified atom stereocenters. The van der Waals surface area contributed by atoms with Crippen LogP contribution in [0.3, 0.4) is 0 Å². The minimum absolute atomic E-state index is 0.131. The van der Waals surface area contributed by atoms with Gasteiger partial charge in [-0.3, -0.25) is 4.79 Å². The molecule has 1 aliphatic carbocycles. The smallest absolute Gasteiger partial charge is 0.227 e. The van der Waals surface area contributed by atoms with Gasteiger partial charge in [0.2, 0.25) is 5.91 Å². The van der Waals surface area contributed by atoms with Crippen LogP contribution >= 0.6 is 11.6 Å². The van der Waals surface area contributed by atoms with Gasteiger partial charge in [0.1, 0.15) is 11.5 Å². The Kier molecular flexibility index (Phi) is 6.27. The lowest BCUT2D eigenvalue weighted by Gasteiger charge is -2.30. The molecule has 144 valence electrons. The summed E-state index contributed by atoms with van der Waals surface area (Å²) in [5, 5.41) is 0.570. The summed E-state index contributed by atoms with van der Waals surface area (Å²) in [4.78, 5) is 15.0. The van der Waals surface area contributed by atoms with Crippen LogP contribution < -0.4 is 14.4 Å². The first-order valence-corrected chi connectivity index (χ1v) is 9.69. The topological polar surface area (TPSA) is 38.8 Å². The number of halogens is 1. The van der Waals surface area contributed by atoms with Crippen molar-refractivity contribution in [2.24, 2.45) is 5.92 Å². The van der Waals surface area contributed by atoms with Crippen LogP contribution in [0.5, 0.6) is 11.5 Å². The summed E-state index contributed by atoms with van der Waals surface area (Å²) in [5.41, 5.74) is 1.95. The van der Waals surface area contributed by atoms with Crippen LogP contribution in [-0.2, 0) is 11.2 Å². The van der Waals surface area contributed by atoms with E-state index < -0.39 is 0 Å². The first-order chi connectivity index (χ1) is 13.0. The molecule has 0 spiro atoms. The Morgan fingerprint density at radius 3 is 2.41 bits per heavy atom. The van der Waals surface area contributed by atoms with E-state index in [0.717, 1.165) is 17.0 Å². The molecule has 0 heterocycles. The summed E-state index contributed by atoms with van der Waals surface area (Å²) in [5.74, 6) is 2.16. The number of rotatable bonds is 8.